The number of carbonyl (C=O) groups excluding carboxylic acids is 1. The Morgan fingerprint density at radius 3 is 3.25 bits per heavy atom. The molecule has 0 aromatic carbocycles. The minimum Gasteiger partial charge on any atom is -0.351 e. The Kier molecular flexibility index (Phi) is 3.39. The van der Waals surface area contributed by atoms with Gasteiger partial charge in [0.25, 0.3) is 0 Å². The van der Waals surface area contributed by atoms with Crippen LogP contribution in [0, 0.1) is 5.92 Å². The van der Waals surface area contributed by atoms with Crippen LogP contribution in [-0.4, -0.2) is 33.9 Å². The van der Waals surface area contributed by atoms with E-state index in [4.69, 9.17) is 0 Å². The zero-order valence-electron chi connectivity index (χ0n) is 9.52. The smallest absolute Gasteiger partial charge is 0.246 e. The van der Waals surface area contributed by atoms with Crippen LogP contribution in [0.5, 0.6) is 0 Å². The van der Waals surface area contributed by atoms with Crippen molar-refractivity contribution < 1.29 is 4.79 Å². The standard InChI is InChI=1S/C12H17N3O/c1-10-3-2-6-15(8-10)12(16)5-4-11-7-13-9-14-11/h4-5,7,9-10H,2-3,6,8H2,1H3,(H,13,14)/b5-4+. The highest BCUT2D eigenvalue weighted by Crippen LogP contribution is 2.15. The average Bonchev–Trinajstić information content (AvgIpc) is 2.78. The van der Waals surface area contributed by atoms with Gasteiger partial charge < -0.3 is 9.88 Å². The maximum absolute atomic E-state index is 11.8. The molecule has 0 spiro atoms. The third-order valence-corrected chi connectivity index (χ3v) is 2.88. The second-order valence-electron chi connectivity index (χ2n) is 4.36. The first-order valence-corrected chi connectivity index (χ1v) is 5.71. The molecule has 1 atom stereocenters. The molecule has 0 bridgehead atoms. The number of hydrogen-bond acceptors (Lipinski definition) is 2. The van der Waals surface area contributed by atoms with E-state index in [0.717, 1.165) is 25.2 Å². The van der Waals surface area contributed by atoms with Crippen molar-refractivity contribution in [1.82, 2.24) is 14.9 Å². The van der Waals surface area contributed by atoms with Crippen molar-refractivity contribution in [2.45, 2.75) is 19.8 Å². The monoisotopic (exact) mass is 219 g/mol. The molecule has 0 saturated carbocycles. The molecule has 1 amide bonds. The molecule has 1 aromatic rings. The molecule has 1 N–H and O–H groups in total. The Morgan fingerprint density at radius 1 is 1.69 bits per heavy atom. The highest BCUT2D eigenvalue weighted by Gasteiger charge is 2.18. The summed E-state index contributed by atoms with van der Waals surface area (Å²) in [4.78, 5) is 20.6. The quantitative estimate of drug-likeness (QED) is 0.769. The molecule has 0 radical (unpaired) electrons. The second-order valence-corrected chi connectivity index (χ2v) is 4.36. The lowest BCUT2D eigenvalue weighted by Gasteiger charge is -2.30. The van der Waals surface area contributed by atoms with E-state index >= 15 is 0 Å². The number of nitrogens with zero attached hydrogens (tertiary/aromatic N) is 2. The van der Waals surface area contributed by atoms with E-state index in [0.29, 0.717) is 5.92 Å². The lowest BCUT2D eigenvalue weighted by Crippen LogP contribution is -2.38. The summed E-state index contributed by atoms with van der Waals surface area (Å²) < 4.78 is 0. The summed E-state index contributed by atoms with van der Waals surface area (Å²) in [5.74, 6) is 0.714. The number of carbonyl (C=O) groups is 1. The first kappa shape index (κ1) is 10.9. The van der Waals surface area contributed by atoms with Gasteiger partial charge in [0.15, 0.2) is 0 Å². The molecule has 0 aliphatic carbocycles. The van der Waals surface area contributed by atoms with E-state index < -0.39 is 0 Å². The maximum atomic E-state index is 11.8. The predicted molar refractivity (Wildman–Crippen MR) is 62.6 cm³/mol. The number of nitrogens with one attached hydrogen (secondary N) is 1. The molecule has 1 unspecified atom stereocenters. The molecule has 1 fully saturated rings. The van der Waals surface area contributed by atoms with Gasteiger partial charge in [0, 0.05) is 25.4 Å². The SMILES string of the molecule is CC1CCCN(C(=O)/C=C/c2c[nH]cn2)C1. The zero-order chi connectivity index (χ0) is 11.4. The summed E-state index contributed by atoms with van der Waals surface area (Å²) >= 11 is 0. The van der Waals surface area contributed by atoms with Gasteiger partial charge >= 0.3 is 0 Å². The molecule has 2 heterocycles. The molecular formula is C12H17N3O. The minimum atomic E-state index is 0.0922. The van der Waals surface area contributed by atoms with Crippen LogP contribution in [0.3, 0.4) is 0 Å². The van der Waals surface area contributed by atoms with Crippen LogP contribution in [0.15, 0.2) is 18.6 Å². The molecule has 1 aliphatic heterocycles. The van der Waals surface area contributed by atoms with Crippen molar-refractivity contribution in [2.75, 3.05) is 13.1 Å². The topological polar surface area (TPSA) is 49.0 Å². The number of H-pyrrole nitrogens is 1. The molecule has 4 heteroatoms. The Bertz CT molecular complexity index is 370. The fourth-order valence-corrected chi connectivity index (χ4v) is 2.01. The van der Waals surface area contributed by atoms with E-state index in [9.17, 15) is 4.79 Å². The van der Waals surface area contributed by atoms with Gasteiger partial charge in [0.2, 0.25) is 5.91 Å². The highest BCUT2D eigenvalue weighted by molar-refractivity contribution is 5.91. The lowest BCUT2D eigenvalue weighted by molar-refractivity contribution is -0.127. The third-order valence-electron chi connectivity index (χ3n) is 2.88. The predicted octanol–water partition coefficient (Wildman–Crippen LogP) is 1.68. The maximum Gasteiger partial charge on any atom is 0.246 e. The molecule has 16 heavy (non-hydrogen) atoms. The minimum absolute atomic E-state index is 0.0922. The van der Waals surface area contributed by atoms with Gasteiger partial charge in [-0.05, 0) is 24.8 Å². The molecule has 1 aromatic heterocycles. The summed E-state index contributed by atoms with van der Waals surface area (Å²) in [7, 11) is 0. The van der Waals surface area contributed by atoms with Gasteiger partial charge in [0.1, 0.15) is 0 Å². The van der Waals surface area contributed by atoms with Gasteiger partial charge in [-0.1, -0.05) is 6.92 Å². The molecule has 4 nitrogen and oxygen atoms in total. The van der Waals surface area contributed by atoms with Crippen LogP contribution in [0.1, 0.15) is 25.5 Å². The number of aromatic nitrogens is 2. The van der Waals surface area contributed by atoms with Crippen molar-refractivity contribution >= 4 is 12.0 Å². The Balaban J connectivity index is 1.92. The molecule has 1 aliphatic rings. The molecule has 1 saturated heterocycles. The van der Waals surface area contributed by atoms with Crippen molar-refractivity contribution in [3.05, 3.63) is 24.3 Å². The fraction of sp³-hybridized carbons (Fsp3) is 0.500. The first-order valence-electron chi connectivity index (χ1n) is 5.71. The van der Waals surface area contributed by atoms with E-state index in [1.54, 1.807) is 24.7 Å². The Morgan fingerprint density at radius 2 is 2.56 bits per heavy atom. The number of piperidine rings is 1. The number of rotatable bonds is 2. The second kappa shape index (κ2) is 4.96. The van der Waals surface area contributed by atoms with Gasteiger partial charge in [-0.3, -0.25) is 4.79 Å². The first-order chi connectivity index (χ1) is 7.75. The van der Waals surface area contributed by atoms with Gasteiger partial charge in [-0.15, -0.1) is 0 Å². The number of amides is 1. The van der Waals surface area contributed by atoms with Crippen LogP contribution in [0.25, 0.3) is 6.08 Å². The average molecular weight is 219 g/mol. The number of hydrogen-bond donors (Lipinski definition) is 1. The van der Waals surface area contributed by atoms with Gasteiger partial charge in [-0.25, -0.2) is 4.98 Å². The van der Waals surface area contributed by atoms with E-state index in [1.165, 1.54) is 6.42 Å². The van der Waals surface area contributed by atoms with Crippen molar-refractivity contribution in [2.24, 2.45) is 5.92 Å². The van der Waals surface area contributed by atoms with Crippen LogP contribution in [-0.2, 0) is 4.79 Å². The van der Waals surface area contributed by atoms with E-state index in [2.05, 4.69) is 16.9 Å². The zero-order valence-corrected chi connectivity index (χ0v) is 9.52. The van der Waals surface area contributed by atoms with E-state index in [1.807, 2.05) is 4.90 Å². The van der Waals surface area contributed by atoms with Gasteiger partial charge in [0.05, 0.1) is 12.0 Å². The normalized spacial score (nSPS) is 21.6. The Hall–Kier alpha value is -1.58. The number of likely N-dealkylation sites (tertiary alicyclic amines) is 1. The van der Waals surface area contributed by atoms with Crippen molar-refractivity contribution in [3.8, 4) is 0 Å². The fourth-order valence-electron chi connectivity index (χ4n) is 2.01. The van der Waals surface area contributed by atoms with Crippen LogP contribution < -0.4 is 0 Å². The molecule has 2 rings (SSSR count). The lowest BCUT2D eigenvalue weighted by atomic mass is 10.0. The third kappa shape index (κ3) is 2.72. The van der Waals surface area contributed by atoms with Crippen molar-refractivity contribution in [1.29, 1.82) is 0 Å². The Labute approximate surface area is 95.4 Å². The summed E-state index contributed by atoms with van der Waals surface area (Å²) in [6.07, 6.45) is 9.07. The largest absolute Gasteiger partial charge is 0.351 e. The van der Waals surface area contributed by atoms with Crippen molar-refractivity contribution in [3.63, 3.8) is 0 Å². The summed E-state index contributed by atoms with van der Waals surface area (Å²) in [5.41, 5.74) is 0.790. The summed E-state index contributed by atoms with van der Waals surface area (Å²) in [5, 5.41) is 0. The van der Waals surface area contributed by atoms with Crippen LogP contribution >= 0.6 is 0 Å². The molecular weight excluding hydrogens is 202 g/mol. The summed E-state index contributed by atoms with van der Waals surface area (Å²) in [6, 6.07) is 0. The summed E-state index contributed by atoms with van der Waals surface area (Å²) in [6.45, 7) is 3.95. The molecule has 86 valence electrons. The van der Waals surface area contributed by atoms with E-state index in [-0.39, 0.29) is 5.91 Å². The number of imidazole rings is 1. The highest BCUT2D eigenvalue weighted by atomic mass is 16.2. The number of aromatic amines is 1. The van der Waals surface area contributed by atoms with Crippen LogP contribution in [0.4, 0.5) is 0 Å². The van der Waals surface area contributed by atoms with Crippen LogP contribution in [0.2, 0.25) is 0 Å². The van der Waals surface area contributed by atoms with Gasteiger partial charge in [-0.2, -0.15) is 0 Å².